The van der Waals surface area contributed by atoms with E-state index in [1.807, 2.05) is 0 Å². The van der Waals surface area contributed by atoms with Gasteiger partial charge in [0.1, 0.15) is 0 Å². The summed E-state index contributed by atoms with van der Waals surface area (Å²) in [6, 6.07) is 12.3. The molecule has 0 bridgehead atoms. The highest BCUT2D eigenvalue weighted by Crippen LogP contribution is 2.21. The van der Waals surface area contributed by atoms with E-state index in [2.05, 4.69) is 15.6 Å². The molecule has 0 saturated carbocycles. The number of hydrogen-bond donors (Lipinski definition) is 2. The van der Waals surface area contributed by atoms with Crippen molar-refractivity contribution >= 4 is 47.3 Å². The van der Waals surface area contributed by atoms with Gasteiger partial charge in [-0.05, 0) is 38.8 Å². The number of Topliss-reactive ketones (excluding diaryl/α,β-unsaturated/α-hetero) is 2. The molecular formula is C36H46N4O11. The van der Waals surface area contributed by atoms with Crippen molar-refractivity contribution in [2.75, 3.05) is 20.3 Å². The fourth-order valence-corrected chi connectivity index (χ4v) is 4.58. The SMILES string of the molecule is COC(=O)NN(C(=O)C[C@@H](C)C(=O)OCC(=O)c1ccc(-c2ccc(C(=O)COC(=O)[C@H](C)CC(=O)N(NC(C)=O)C(C)C)cc2)cc1)C(C)C. The number of methoxy groups -OCH3 is 1. The summed E-state index contributed by atoms with van der Waals surface area (Å²) in [6.07, 6.45) is -1.31. The summed E-state index contributed by atoms with van der Waals surface area (Å²) in [7, 11) is 1.16. The number of benzene rings is 2. The second kappa shape index (κ2) is 19.6. The van der Waals surface area contributed by atoms with Crippen LogP contribution in [0.4, 0.5) is 4.79 Å². The van der Waals surface area contributed by atoms with Crippen LogP contribution in [-0.2, 0) is 38.2 Å². The predicted octanol–water partition coefficient (Wildman–Crippen LogP) is 3.65. The first-order valence-corrected chi connectivity index (χ1v) is 16.3. The monoisotopic (exact) mass is 710 g/mol. The normalized spacial score (nSPS) is 11.9. The number of nitrogens with zero attached hydrogens (tertiary/aromatic N) is 2. The average Bonchev–Trinajstić information content (AvgIpc) is 3.09. The Morgan fingerprint density at radius 1 is 0.588 bits per heavy atom. The smallest absolute Gasteiger partial charge is 0.425 e. The summed E-state index contributed by atoms with van der Waals surface area (Å²) >= 11 is 0. The fraction of sp³-hybridized carbons (Fsp3) is 0.444. The lowest BCUT2D eigenvalue weighted by molar-refractivity contribution is -0.152. The van der Waals surface area contributed by atoms with Gasteiger partial charge in [0.2, 0.25) is 17.7 Å². The van der Waals surface area contributed by atoms with E-state index in [0.29, 0.717) is 11.1 Å². The van der Waals surface area contributed by atoms with Gasteiger partial charge in [-0.25, -0.2) is 15.2 Å². The molecule has 0 aromatic heterocycles. The number of hydrazine groups is 2. The molecule has 0 aliphatic heterocycles. The molecule has 0 aliphatic rings. The second-order valence-electron chi connectivity index (χ2n) is 12.4. The molecule has 4 amide bonds. The van der Waals surface area contributed by atoms with Gasteiger partial charge in [-0.1, -0.05) is 62.4 Å². The highest BCUT2D eigenvalue weighted by atomic mass is 16.5. The molecule has 15 heteroatoms. The number of ketones is 2. The van der Waals surface area contributed by atoms with Gasteiger partial charge in [-0.2, -0.15) is 0 Å². The first-order chi connectivity index (χ1) is 23.9. The van der Waals surface area contributed by atoms with Crippen LogP contribution in [0.1, 0.15) is 82.0 Å². The molecule has 276 valence electrons. The number of rotatable bonds is 15. The van der Waals surface area contributed by atoms with Crippen LogP contribution in [0.3, 0.4) is 0 Å². The quantitative estimate of drug-likeness (QED) is 0.119. The molecule has 51 heavy (non-hydrogen) atoms. The topological polar surface area (TPSA) is 195 Å². The van der Waals surface area contributed by atoms with Gasteiger partial charge in [-0.15, -0.1) is 0 Å². The Hall–Kier alpha value is -5.60. The maximum absolute atomic E-state index is 12.7. The van der Waals surface area contributed by atoms with Crippen molar-refractivity contribution in [3.05, 3.63) is 59.7 Å². The Morgan fingerprint density at radius 2 is 0.941 bits per heavy atom. The second-order valence-corrected chi connectivity index (χ2v) is 12.4. The van der Waals surface area contributed by atoms with E-state index < -0.39 is 78.4 Å². The lowest BCUT2D eigenvalue weighted by atomic mass is 10.0. The molecule has 2 aromatic carbocycles. The van der Waals surface area contributed by atoms with E-state index in [4.69, 9.17) is 9.47 Å². The molecule has 0 aliphatic carbocycles. The van der Waals surface area contributed by atoms with Crippen LogP contribution in [0.25, 0.3) is 11.1 Å². The minimum absolute atomic E-state index is 0.215. The van der Waals surface area contributed by atoms with Crippen molar-refractivity contribution < 1.29 is 52.6 Å². The predicted molar refractivity (Wildman–Crippen MR) is 183 cm³/mol. The van der Waals surface area contributed by atoms with E-state index in [0.717, 1.165) is 28.3 Å². The van der Waals surface area contributed by atoms with Crippen molar-refractivity contribution in [2.24, 2.45) is 11.8 Å². The Labute approximate surface area is 296 Å². The van der Waals surface area contributed by atoms with E-state index in [1.165, 1.54) is 20.8 Å². The van der Waals surface area contributed by atoms with Gasteiger partial charge in [0.05, 0.1) is 18.9 Å². The van der Waals surface area contributed by atoms with Gasteiger partial charge < -0.3 is 14.2 Å². The number of ether oxygens (including phenoxy) is 3. The van der Waals surface area contributed by atoms with E-state index >= 15 is 0 Å². The lowest BCUT2D eigenvalue weighted by Crippen LogP contribution is -2.50. The van der Waals surface area contributed by atoms with Gasteiger partial charge in [-0.3, -0.25) is 44.0 Å². The van der Waals surface area contributed by atoms with Gasteiger partial charge >= 0.3 is 18.0 Å². The van der Waals surface area contributed by atoms with Crippen molar-refractivity contribution in [2.45, 2.75) is 73.4 Å². The summed E-state index contributed by atoms with van der Waals surface area (Å²) < 4.78 is 14.8. The van der Waals surface area contributed by atoms with Crippen molar-refractivity contribution in [1.82, 2.24) is 20.9 Å². The lowest BCUT2D eigenvalue weighted by Gasteiger charge is -2.27. The Bertz CT molecular complexity index is 1590. The summed E-state index contributed by atoms with van der Waals surface area (Å²) in [6.45, 7) is 9.98. The molecule has 2 aromatic rings. The molecule has 2 atom stereocenters. The Balaban J connectivity index is 1.89. The zero-order chi connectivity index (χ0) is 38.4. The average molecular weight is 711 g/mol. The zero-order valence-electron chi connectivity index (χ0n) is 30.1. The third-order valence-corrected chi connectivity index (χ3v) is 7.45. The number of esters is 2. The van der Waals surface area contributed by atoms with Crippen LogP contribution in [0.5, 0.6) is 0 Å². The highest BCUT2D eigenvalue weighted by molar-refractivity contribution is 5.99. The van der Waals surface area contributed by atoms with Crippen molar-refractivity contribution in [3.8, 4) is 11.1 Å². The van der Waals surface area contributed by atoms with Crippen LogP contribution >= 0.6 is 0 Å². The maximum Gasteiger partial charge on any atom is 0.425 e. The summed E-state index contributed by atoms with van der Waals surface area (Å²) in [5, 5.41) is 2.20. The number of hydrogen-bond acceptors (Lipinski definition) is 11. The molecule has 0 radical (unpaired) electrons. The van der Waals surface area contributed by atoms with Gasteiger partial charge in [0.15, 0.2) is 24.8 Å². The van der Waals surface area contributed by atoms with Crippen LogP contribution in [-0.4, -0.2) is 89.7 Å². The van der Waals surface area contributed by atoms with Crippen LogP contribution in [0, 0.1) is 11.8 Å². The maximum atomic E-state index is 12.7. The molecule has 0 fully saturated rings. The first kappa shape index (κ1) is 41.6. The largest absolute Gasteiger partial charge is 0.457 e. The van der Waals surface area contributed by atoms with E-state index in [9.17, 15) is 38.4 Å². The Morgan fingerprint density at radius 3 is 1.25 bits per heavy atom. The standard InChI is InChI=1S/C36H46N4O11/c1-21(2)39(37-25(7)41)32(44)17-23(5)34(46)50-19-30(42)28-13-9-26(10-14-28)27-11-15-29(16-12-27)31(43)20-51-35(47)24(6)18-33(45)40(22(3)4)38-36(48)49-8/h9-16,21-24H,17-20H2,1-8H3,(H,37,41)(H,38,48)/t23-,24-/m1/s1. The third-order valence-electron chi connectivity index (χ3n) is 7.45. The molecule has 0 spiro atoms. The summed E-state index contributed by atoms with van der Waals surface area (Å²) in [5.74, 6) is -5.51. The number of amides is 4. The summed E-state index contributed by atoms with van der Waals surface area (Å²) in [5.41, 5.74) is 6.80. The first-order valence-electron chi connectivity index (χ1n) is 16.3. The molecule has 15 nitrogen and oxygen atoms in total. The molecule has 2 N–H and O–H groups in total. The Kier molecular flexibility index (Phi) is 15.9. The fourth-order valence-electron chi connectivity index (χ4n) is 4.58. The molecule has 0 saturated heterocycles. The van der Waals surface area contributed by atoms with Crippen molar-refractivity contribution in [1.29, 1.82) is 0 Å². The number of carbonyl (C=O) groups excluding carboxylic acids is 8. The van der Waals surface area contributed by atoms with Gasteiger partial charge in [0.25, 0.3) is 0 Å². The number of carbonyl (C=O) groups is 8. The minimum atomic E-state index is -0.882. The molecule has 0 heterocycles. The highest BCUT2D eigenvalue weighted by Gasteiger charge is 2.27. The van der Waals surface area contributed by atoms with Crippen molar-refractivity contribution in [3.63, 3.8) is 0 Å². The van der Waals surface area contributed by atoms with E-state index in [-0.39, 0.29) is 18.9 Å². The zero-order valence-corrected chi connectivity index (χ0v) is 30.1. The van der Waals surface area contributed by atoms with Crippen LogP contribution in [0.15, 0.2) is 48.5 Å². The summed E-state index contributed by atoms with van der Waals surface area (Å²) in [4.78, 5) is 98.4. The number of nitrogens with one attached hydrogen (secondary N) is 2. The van der Waals surface area contributed by atoms with Gasteiger partial charge in [0, 0.05) is 43.0 Å². The van der Waals surface area contributed by atoms with E-state index in [1.54, 1.807) is 76.2 Å². The van der Waals surface area contributed by atoms with Crippen LogP contribution in [0.2, 0.25) is 0 Å². The third kappa shape index (κ3) is 13.0. The molecular weight excluding hydrogens is 664 g/mol. The van der Waals surface area contributed by atoms with Crippen LogP contribution < -0.4 is 10.9 Å². The molecule has 2 rings (SSSR count). The molecule has 0 unspecified atom stereocenters. The minimum Gasteiger partial charge on any atom is -0.457 e.